The zero-order valence-corrected chi connectivity index (χ0v) is 18.5. The van der Waals surface area contributed by atoms with Crippen LogP contribution in [-0.2, 0) is 17.8 Å². The number of anilines is 1. The first-order valence-corrected chi connectivity index (χ1v) is 11.1. The fraction of sp³-hybridized carbons (Fsp3) is 0.182. The van der Waals surface area contributed by atoms with Crippen LogP contribution in [0.2, 0.25) is 0 Å². The lowest BCUT2D eigenvalue weighted by atomic mass is 10.1. The Kier molecular flexibility index (Phi) is 5.31. The van der Waals surface area contributed by atoms with Crippen LogP contribution in [0.15, 0.2) is 46.8 Å². The van der Waals surface area contributed by atoms with Gasteiger partial charge in [-0.1, -0.05) is 18.2 Å². The number of rotatable bonds is 6. The minimum Gasteiger partial charge on any atom is -0.382 e. The number of H-pyrrole nitrogens is 2. The van der Waals surface area contributed by atoms with Gasteiger partial charge < -0.3 is 20.6 Å². The van der Waals surface area contributed by atoms with Crippen LogP contribution in [0.4, 0.5) is 5.82 Å². The Morgan fingerprint density at radius 2 is 2.06 bits per heavy atom. The normalized spacial score (nSPS) is 11.3. The lowest BCUT2D eigenvalue weighted by molar-refractivity contribution is -0.130. The Morgan fingerprint density at radius 1 is 1.18 bits per heavy atom. The van der Waals surface area contributed by atoms with E-state index in [1.54, 1.807) is 18.0 Å². The van der Waals surface area contributed by atoms with E-state index >= 15 is 0 Å². The molecule has 0 spiro atoms. The molecule has 5 rings (SSSR count). The third-order valence-electron chi connectivity index (χ3n) is 5.32. The van der Waals surface area contributed by atoms with Crippen LogP contribution in [-0.4, -0.2) is 47.8 Å². The maximum Gasteiger partial charge on any atom is 0.268 e. The Balaban J connectivity index is 1.26. The second-order valence-corrected chi connectivity index (χ2v) is 8.56. The number of hydrogen-bond donors (Lipinski definition) is 3. The van der Waals surface area contributed by atoms with Gasteiger partial charge in [0.05, 0.1) is 12.1 Å². The molecule has 0 saturated heterocycles. The fourth-order valence-corrected chi connectivity index (χ4v) is 4.33. The van der Waals surface area contributed by atoms with Crippen molar-refractivity contribution < 1.29 is 4.79 Å². The number of carbonyl (C=O) groups is 1. The molecule has 0 unspecified atom stereocenters. The van der Waals surface area contributed by atoms with Crippen LogP contribution in [0, 0.1) is 0 Å². The first-order valence-electron chi connectivity index (χ1n) is 10.2. The molecule has 0 aliphatic heterocycles. The Bertz CT molecular complexity index is 1540. The highest BCUT2D eigenvalue weighted by atomic mass is 32.1. The van der Waals surface area contributed by atoms with Crippen molar-refractivity contribution in [2.45, 2.75) is 19.4 Å². The smallest absolute Gasteiger partial charge is 0.268 e. The zero-order chi connectivity index (χ0) is 22.9. The number of carbonyl (C=O) groups excluding carboxylic acids is 1. The number of aromatic nitrogens is 6. The minimum absolute atomic E-state index is 0.0414. The summed E-state index contributed by atoms with van der Waals surface area (Å²) < 4.78 is 0.590. The number of nitrogens with two attached hydrogens (primary N) is 1. The Labute approximate surface area is 191 Å². The summed E-state index contributed by atoms with van der Waals surface area (Å²) in [7, 11) is 1.70. The molecule has 5 aromatic rings. The number of nitrogens with one attached hydrogen (secondary N) is 2. The van der Waals surface area contributed by atoms with E-state index in [0.717, 1.165) is 11.1 Å². The molecule has 0 fully saturated rings. The first kappa shape index (κ1) is 20.8. The molecule has 0 aliphatic rings. The van der Waals surface area contributed by atoms with Gasteiger partial charge in [-0.15, -0.1) is 11.3 Å². The molecule has 1 aromatic carbocycles. The van der Waals surface area contributed by atoms with Crippen molar-refractivity contribution in [3.05, 3.63) is 63.8 Å². The summed E-state index contributed by atoms with van der Waals surface area (Å²) in [6.07, 6.45) is 2.26. The predicted octanol–water partition coefficient (Wildman–Crippen LogP) is 2.49. The maximum atomic E-state index is 12.7. The minimum atomic E-state index is -0.180. The molecule has 166 valence electrons. The molecule has 11 heteroatoms. The maximum absolute atomic E-state index is 12.7. The van der Waals surface area contributed by atoms with Crippen LogP contribution < -0.4 is 11.3 Å². The Hall–Kier alpha value is -4.12. The standard InChI is InChI=1S/C22H20N8O2S/c1-30(10-15-26-14-7-8-33-18(14)22(32)27-15)16(31)6-5-12-3-2-4-13(9-12)20-28-17-19(23)24-11-25-21(17)29-20/h2-4,7-9,11H,5-6,10H2,1H3,(H,26,27,32)(H3,23,24,25,28,29). The average molecular weight is 461 g/mol. The number of fused-ring (bicyclic) bond motifs is 2. The van der Waals surface area contributed by atoms with E-state index in [2.05, 4.69) is 29.9 Å². The topological polar surface area (TPSA) is 147 Å². The van der Waals surface area contributed by atoms with Gasteiger partial charge in [0.15, 0.2) is 11.5 Å². The summed E-state index contributed by atoms with van der Waals surface area (Å²) in [6, 6.07) is 9.61. The lowest BCUT2D eigenvalue weighted by Crippen LogP contribution is -2.28. The second-order valence-electron chi connectivity index (χ2n) is 7.64. The van der Waals surface area contributed by atoms with Gasteiger partial charge in [0, 0.05) is 19.0 Å². The summed E-state index contributed by atoms with van der Waals surface area (Å²) in [5.41, 5.74) is 9.33. The number of amides is 1. The molecule has 33 heavy (non-hydrogen) atoms. The second kappa shape index (κ2) is 8.43. The molecule has 1 amide bonds. The van der Waals surface area contributed by atoms with Gasteiger partial charge in [-0.05, 0) is 29.5 Å². The van der Waals surface area contributed by atoms with Crippen molar-refractivity contribution in [2.24, 2.45) is 0 Å². The van der Waals surface area contributed by atoms with Gasteiger partial charge in [0.25, 0.3) is 5.56 Å². The lowest BCUT2D eigenvalue weighted by Gasteiger charge is -2.16. The molecular weight excluding hydrogens is 440 g/mol. The van der Waals surface area contributed by atoms with Gasteiger partial charge in [-0.2, -0.15) is 0 Å². The molecule has 0 radical (unpaired) electrons. The number of imidazole rings is 1. The summed E-state index contributed by atoms with van der Waals surface area (Å²) >= 11 is 1.35. The highest BCUT2D eigenvalue weighted by molar-refractivity contribution is 7.17. The molecule has 10 nitrogen and oxygen atoms in total. The largest absolute Gasteiger partial charge is 0.382 e. The molecule has 4 N–H and O–H groups in total. The summed E-state index contributed by atoms with van der Waals surface area (Å²) in [4.78, 5) is 49.3. The van der Waals surface area contributed by atoms with Crippen LogP contribution in [0.3, 0.4) is 0 Å². The average Bonchev–Trinajstić information content (AvgIpc) is 3.46. The van der Waals surface area contributed by atoms with E-state index in [4.69, 9.17) is 5.73 Å². The molecule has 4 aromatic heterocycles. The summed E-state index contributed by atoms with van der Waals surface area (Å²) in [6.45, 7) is 0.237. The number of hydrogen-bond acceptors (Lipinski definition) is 8. The summed E-state index contributed by atoms with van der Waals surface area (Å²) in [5, 5.41) is 1.83. The van der Waals surface area contributed by atoms with Crippen molar-refractivity contribution in [1.82, 2.24) is 34.8 Å². The number of benzene rings is 1. The van der Waals surface area contributed by atoms with E-state index < -0.39 is 0 Å². The SMILES string of the molecule is CN(Cc1nc2ccsc2c(=O)[nH]1)C(=O)CCc1cccc(-c2nc3ncnc(N)c3[nH]2)c1. The first-order chi connectivity index (χ1) is 16.0. The van der Waals surface area contributed by atoms with E-state index in [9.17, 15) is 9.59 Å². The molecular formula is C22H20N8O2S. The van der Waals surface area contributed by atoms with E-state index in [1.807, 2.05) is 29.6 Å². The Morgan fingerprint density at radius 3 is 2.91 bits per heavy atom. The monoisotopic (exact) mass is 460 g/mol. The highest BCUT2D eigenvalue weighted by Gasteiger charge is 2.14. The third kappa shape index (κ3) is 4.17. The number of nitrogens with zero attached hydrogens (tertiary/aromatic N) is 5. The predicted molar refractivity (Wildman–Crippen MR) is 127 cm³/mol. The van der Waals surface area contributed by atoms with Crippen LogP contribution in [0.5, 0.6) is 0 Å². The van der Waals surface area contributed by atoms with Gasteiger partial charge in [-0.3, -0.25) is 9.59 Å². The van der Waals surface area contributed by atoms with E-state index in [1.165, 1.54) is 17.7 Å². The fourth-order valence-electron chi connectivity index (χ4n) is 3.61. The van der Waals surface area contributed by atoms with Gasteiger partial charge in [0.2, 0.25) is 5.91 Å². The number of thiophene rings is 1. The molecule has 4 heterocycles. The number of aromatic amines is 2. The summed E-state index contributed by atoms with van der Waals surface area (Å²) in [5.74, 6) is 1.41. The van der Waals surface area contributed by atoms with Crippen LogP contribution in [0.25, 0.3) is 32.8 Å². The van der Waals surface area contributed by atoms with Crippen molar-refractivity contribution in [2.75, 3.05) is 12.8 Å². The number of nitrogen functional groups attached to an aromatic ring is 1. The van der Waals surface area contributed by atoms with Crippen LogP contribution in [0.1, 0.15) is 17.8 Å². The van der Waals surface area contributed by atoms with Gasteiger partial charge in [0.1, 0.15) is 28.2 Å². The van der Waals surface area contributed by atoms with Gasteiger partial charge >= 0.3 is 0 Å². The molecule has 0 atom stereocenters. The molecule has 0 aliphatic carbocycles. The highest BCUT2D eigenvalue weighted by Crippen LogP contribution is 2.23. The van der Waals surface area contributed by atoms with Crippen molar-refractivity contribution in [3.63, 3.8) is 0 Å². The van der Waals surface area contributed by atoms with Crippen molar-refractivity contribution in [3.8, 4) is 11.4 Å². The zero-order valence-electron chi connectivity index (χ0n) is 17.7. The van der Waals surface area contributed by atoms with Crippen molar-refractivity contribution >= 4 is 44.4 Å². The van der Waals surface area contributed by atoms with E-state index in [0.29, 0.717) is 51.7 Å². The number of aryl methyl sites for hydroxylation is 1. The van der Waals surface area contributed by atoms with Crippen LogP contribution >= 0.6 is 11.3 Å². The third-order valence-corrected chi connectivity index (χ3v) is 6.22. The van der Waals surface area contributed by atoms with Crippen molar-refractivity contribution in [1.29, 1.82) is 0 Å². The van der Waals surface area contributed by atoms with E-state index in [-0.39, 0.29) is 18.0 Å². The molecule has 0 saturated carbocycles. The quantitative estimate of drug-likeness (QED) is 0.353. The molecule has 0 bridgehead atoms. The van der Waals surface area contributed by atoms with Gasteiger partial charge in [-0.25, -0.2) is 19.9 Å².